The topological polar surface area (TPSA) is 12.0 Å². The van der Waals surface area contributed by atoms with E-state index in [1.165, 1.54) is 5.56 Å². The van der Waals surface area contributed by atoms with Gasteiger partial charge in [-0.15, -0.1) is 0 Å². The molecule has 1 aromatic rings. The van der Waals surface area contributed by atoms with Gasteiger partial charge in [0.1, 0.15) is 0 Å². The van der Waals surface area contributed by atoms with Crippen molar-refractivity contribution in [3.63, 3.8) is 0 Å². The molecule has 16 heavy (non-hydrogen) atoms. The summed E-state index contributed by atoms with van der Waals surface area (Å²) in [6, 6.07) is 8.20. The Bertz CT molecular complexity index is 439. The van der Waals surface area contributed by atoms with Crippen LogP contribution in [0.4, 0.5) is 5.69 Å². The van der Waals surface area contributed by atoms with Crippen molar-refractivity contribution in [3.8, 4) is 0 Å². The van der Waals surface area contributed by atoms with Crippen LogP contribution in [0, 0.1) is 6.92 Å². The quantitative estimate of drug-likeness (QED) is 0.729. The molecule has 1 nitrogen and oxygen atoms in total. The lowest BCUT2D eigenvalue weighted by molar-refractivity contribution is 1.27. The summed E-state index contributed by atoms with van der Waals surface area (Å²) in [5.41, 5.74) is 5.50. The van der Waals surface area contributed by atoms with Crippen molar-refractivity contribution in [2.75, 3.05) is 5.32 Å². The summed E-state index contributed by atoms with van der Waals surface area (Å²) in [6.07, 6.45) is 1.84. The van der Waals surface area contributed by atoms with Crippen LogP contribution in [0.1, 0.15) is 19.4 Å². The Morgan fingerprint density at radius 1 is 1.25 bits per heavy atom. The predicted octanol–water partition coefficient (Wildman–Crippen LogP) is 4.44. The minimum atomic E-state index is 1.01. The van der Waals surface area contributed by atoms with Crippen molar-refractivity contribution in [2.24, 2.45) is 0 Å². The second kappa shape index (κ2) is 5.36. The van der Waals surface area contributed by atoms with Gasteiger partial charge < -0.3 is 5.32 Å². The minimum Gasteiger partial charge on any atom is -0.355 e. The highest BCUT2D eigenvalue weighted by Crippen LogP contribution is 2.20. The number of hydrogen-bond acceptors (Lipinski definition) is 1. The Balaban J connectivity index is 3.07. The summed E-state index contributed by atoms with van der Waals surface area (Å²) < 4.78 is 0. The fourth-order valence-electron chi connectivity index (χ4n) is 1.49. The van der Waals surface area contributed by atoms with E-state index in [2.05, 4.69) is 37.5 Å². The zero-order valence-electron chi connectivity index (χ0n) is 10.3. The molecule has 0 heterocycles. The molecule has 0 bridgehead atoms. The molecule has 0 fully saturated rings. The van der Waals surface area contributed by atoms with E-state index < -0.39 is 0 Å². The average molecular weight is 213 g/mol. The van der Waals surface area contributed by atoms with Gasteiger partial charge in [0.15, 0.2) is 0 Å². The minimum absolute atomic E-state index is 1.01. The lowest BCUT2D eigenvalue weighted by Gasteiger charge is -2.15. The third-order valence-corrected chi connectivity index (χ3v) is 2.53. The summed E-state index contributed by atoms with van der Waals surface area (Å²) in [5.74, 6) is 0. The molecule has 84 valence electrons. The van der Waals surface area contributed by atoms with Gasteiger partial charge >= 0.3 is 0 Å². The first kappa shape index (κ1) is 12.3. The largest absolute Gasteiger partial charge is 0.355 e. The first-order chi connectivity index (χ1) is 7.56. The molecular weight excluding hydrogens is 194 g/mol. The van der Waals surface area contributed by atoms with Gasteiger partial charge in [-0.2, -0.15) is 0 Å². The Labute approximate surface area is 98.2 Å². The molecule has 1 rings (SSSR count). The maximum absolute atomic E-state index is 3.98. The third kappa shape index (κ3) is 2.86. The molecule has 0 spiro atoms. The number of anilines is 1. The maximum Gasteiger partial charge on any atom is 0.0437 e. The van der Waals surface area contributed by atoms with E-state index in [1.807, 2.05) is 32.1 Å². The van der Waals surface area contributed by atoms with E-state index in [9.17, 15) is 0 Å². The van der Waals surface area contributed by atoms with E-state index in [0.29, 0.717) is 0 Å². The molecule has 0 saturated carbocycles. The molecule has 0 unspecified atom stereocenters. The van der Waals surface area contributed by atoms with Gasteiger partial charge in [-0.1, -0.05) is 37.4 Å². The van der Waals surface area contributed by atoms with Gasteiger partial charge in [-0.05, 0) is 43.5 Å². The predicted molar refractivity (Wildman–Crippen MR) is 72.5 cm³/mol. The summed E-state index contributed by atoms with van der Waals surface area (Å²) in [4.78, 5) is 0. The van der Waals surface area contributed by atoms with Crippen molar-refractivity contribution in [3.05, 3.63) is 65.9 Å². The van der Waals surface area contributed by atoms with E-state index in [0.717, 1.165) is 22.5 Å². The summed E-state index contributed by atoms with van der Waals surface area (Å²) in [5, 5.41) is 3.41. The van der Waals surface area contributed by atoms with Crippen LogP contribution in [0.15, 0.2) is 60.3 Å². The van der Waals surface area contributed by atoms with Crippen LogP contribution in [0.5, 0.6) is 0 Å². The van der Waals surface area contributed by atoms with E-state index >= 15 is 0 Å². The van der Waals surface area contributed by atoms with Crippen LogP contribution in [0.3, 0.4) is 0 Å². The van der Waals surface area contributed by atoms with E-state index in [4.69, 9.17) is 0 Å². The van der Waals surface area contributed by atoms with E-state index in [-0.39, 0.29) is 0 Å². The molecule has 1 N–H and O–H groups in total. The van der Waals surface area contributed by atoms with Gasteiger partial charge in [0, 0.05) is 11.4 Å². The molecule has 0 aliphatic heterocycles. The standard InChI is InChI=1S/C15H19N/c1-6-12(4)15(11(2)3)16-14-10-8-7-9-13(14)5/h6-10,16H,1-2H2,3-5H3/b15-12+. The maximum atomic E-state index is 3.98. The van der Waals surface area contributed by atoms with Gasteiger partial charge in [0.25, 0.3) is 0 Å². The summed E-state index contributed by atoms with van der Waals surface area (Å²) >= 11 is 0. The lowest BCUT2D eigenvalue weighted by atomic mass is 10.1. The molecule has 1 heteroatoms. The van der Waals surface area contributed by atoms with Crippen molar-refractivity contribution in [1.29, 1.82) is 0 Å². The number of allylic oxidation sites excluding steroid dienone is 3. The highest BCUT2D eigenvalue weighted by molar-refractivity contribution is 5.58. The smallest absolute Gasteiger partial charge is 0.0437 e. The van der Waals surface area contributed by atoms with Crippen LogP contribution in [-0.2, 0) is 0 Å². The molecule has 1 aromatic carbocycles. The second-order valence-electron chi connectivity index (χ2n) is 3.98. The molecule has 0 saturated heterocycles. The Kier molecular flexibility index (Phi) is 4.12. The van der Waals surface area contributed by atoms with Crippen LogP contribution >= 0.6 is 0 Å². The summed E-state index contributed by atoms with van der Waals surface area (Å²) in [7, 11) is 0. The molecule has 0 amide bonds. The van der Waals surface area contributed by atoms with Crippen LogP contribution < -0.4 is 5.32 Å². The first-order valence-corrected chi connectivity index (χ1v) is 5.38. The third-order valence-electron chi connectivity index (χ3n) is 2.53. The van der Waals surface area contributed by atoms with Crippen LogP contribution in [0.25, 0.3) is 0 Å². The highest BCUT2D eigenvalue weighted by Gasteiger charge is 2.03. The van der Waals surface area contributed by atoms with Gasteiger partial charge in [0.2, 0.25) is 0 Å². The van der Waals surface area contributed by atoms with Crippen LogP contribution in [-0.4, -0.2) is 0 Å². The van der Waals surface area contributed by atoms with Crippen molar-refractivity contribution < 1.29 is 0 Å². The SMILES string of the molecule is C=C/C(C)=C(/Nc1ccccc1C)C(=C)C. The number of nitrogens with one attached hydrogen (secondary N) is 1. The van der Waals surface area contributed by atoms with Crippen molar-refractivity contribution in [2.45, 2.75) is 20.8 Å². The monoisotopic (exact) mass is 213 g/mol. The number of aryl methyl sites for hydroxylation is 1. The zero-order valence-corrected chi connectivity index (χ0v) is 10.3. The van der Waals surface area contributed by atoms with Gasteiger partial charge in [-0.3, -0.25) is 0 Å². The number of benzene rings is 1. The first-order valence-electron chi connectivity index (χ1n) is 5.38. The van der Waals surface area contributed by atoms with Gasteiger partial charge in [0.05, 0.1) is 0 Å². The zero-order chi connectivity index (χ0) is 12.1. The normalized spacial score (nSPS) is 11.7. The second-order valence-corrected chi connectivity index (χ2v) is 3.98. The number of para-hydroxylation sites is 1. The van der Waals surface area contributed by atoms with E-state index in [1.54, 1.807) is 0 Å². The Hall–Kier alpha value is -1.76. The molecule has 0 atom stereocenters. The van der Waals surface area contributed by atoms with Gasteiger partial charge in [-0.25, -0.2) is 0 Å². The molecule has 0 radical (unpaired) electrons. The van der Waals surface area contributed by atoms with Crippen molar-refractivity contribution >= 4 is 5.69 Å². The fourth-order valence-corrected chi connectivity index (χ4v) is 1.49. The Morgan fingerprint density at radius 3 is 2.38 bits per heavy atom. The fraction of sp³-hybridized carbons (Fsp3) is 0.200. The number of hydrogen-bond donors (Lipinski definition) is 1. The van der Waals surface area contributed by atoms with Crippen molar-refractivity contribution in [1.82, 2.24) is 0 Å². The molecule has 0 aliphatic rings. The highest BCUT2D eigenvalue weighted by atomic mass is 14.9. The number of rotatable bonds is 4. The van der Waals surface area contributed by atoms with Crippen LogP contribution in [0.2, 0.25) is 0 Å². The summed E-state index contributed by atoms with van der Waals surface area (Å²) in [6.45, 7) is 13.9. The molecule has 0 aliphatic carbocycles. The average Bonchev–Trinajstić information content (AvgIpc) is 2.26. The molecular formula is C15H19N. The molecule has 0 aromatic heterocycles. The lowest BCUT2D eigenvalue weighted by Crippen LogP contribution is -2.04. The Morgan fingerprint density at radius 2 is 1.88 bits per heavy atom.